The zero-order valence-electron chi connectivity index (χ0n) is 19.0. The van der Waals surface area contributed by atoms with Crippen LogP contribution in [-0.2, 0) is 22.4 Å². The predicted molar refractivity (Wildman–Crippen MR) is 139 cm³/mol. The topological polar surface area (TPSA) is 43.9 Å². The number of carbonyl (C=O) groups excluding carboxylic acids is 2. The highest BCUT2D eigenvalue weighted by Crippen LogP contribution is 2.38. The molecule has 2 amide bonds. The fraction of sp³-hybridized carbons (Fsp3) is 0.385. The number of rotatable bonds is 5. The maximum atomic E-state index is 13.4. The molecule has 0 bridgehead atoms. The molecule has 0 N–H and O–H groups in total. The first kappa shape index (κ1) is 23.5. The van der Waals surface area contributed by atoms with Crippen molar-refractivity contribution < 1.29 is 9.59 Å². The lowest BCUT2D eigenvalue weighted by molar-refractivity contribution is -0.134. The molecule has 0 radical (unpaired) electrons. The predicted octanol–water partition coefficient (Wildman–Crippen LogP) is 4.71. The lowest BCUT2D eigenvalue weighted by Crippen LogP contribution is -2.45. The monoisotopic (exact) mass is 513 g/mol. The third-order valence-electron chi connectivity index (χ3n) is 6.70. The molecule has 3 aromatic rings. The van der Waals surface area contributed by atoms with Gasteiger partial charge in [0.15, 0.2) is 0 Å². The molecule has 1 atom stereocenters. The SMILES string of the molecule is O=C(Cc1cccs1)N1CCCN(C(=O)CN2CCc3sccc3[C@@H]2c2ccc(Cl)cc2)CC1. The number of carbonyl (C=O) groups is 2. The molecule has 1 fully saturated rings. The third kappa shape index (κ3) is 5.23. The minimum absolute atomic E-state index is 0.0621. The van der Waals surface area contributed by atoms with Crippen molar-refractivity contribution in [3.63, 3.8) is 0 Å². The van der Waals surface area contributed by atoms with Crippen molar-refractivity contribution in [3.05, 3.63) is 79.1 Å². The van der Waals surface area contributed by atoms with Crippen molar-refractivity contribution in [1.82, 2.24) is 14.7 Å². The lowest BCUT2D eigenvalue weighted by atomic mass is 9.93. The summed E-state index contributed by atoms with van der Waals surface area (Å²) < 4.78 is 0. The summed E-state index contributed by atoms with van der Waals surface area (Å²) in [6, 6.07) is 14.2. The van der Waals surface area contributed by atoms with Crippen molar-refractivity contribution in [3.8, 4) is 0 Å². The zero-order chi connectivity index (χ0) is 23.5. The summed E-state index contributed by atoms with van der Waals surface area (Å²) in [5.74, 6) is 0.297. The molecule has 2 aromatic heterocycles. The van der Waals surface area contributed by atoms with Crippen LogP contribution < -0.4 is 0 Å². The minimum Gasteiger partial charge on any atom is -0.341 e. The molecule has 178 valence electrons. The normalized spacial score (nSPS) is 19.0. The summed E-state index contributed by atoms with van der Waals surface area (Å²) in [4.78, 5) is 34.8. The van der Waals surface area contributed by atoms with Crippen LogP contribution in [0.15, 0.2) is 53.2 Å². The van der Waals surface area contributed by atoms with Crippen molar-refractivity contribution >= 4 is 46.1 Å². The van der Waals surface area contributed by atoms with Gasteiger partial charge in [0, 0.05) is 47.5 Å². The highest BCUT2D eigenvalue weighted by Gasteiger charge is 2.32. The first-order valence-electron chi connectivity index (χ1n) is 11.7. The average molecular weight is 514 g/mol. The molecule has 0 unspecified atom stereocenters. The van der Waals surface area contributed by atoms with Gasteiger partial charge in [-0.15, -0.1) is 22.7 Å². The van der Waals surface area contributed by atoms with Crippen molar-refractivity contribution in [1.29, 1.82) is 0 Å². The number of amides is 2. The molecule has 0 aliphatic carbocycles. The zero-order valence-corrected chi connectivity index (χ0v) is 21.4. The molecular weight excluding hydrogens is 486 g/mol. The summed E-state index contributed by atoms with van der Waals surface area (Å²) in [5, 5.41) is 4.87. The van der Waals surface area contributed by atoms with E-state index in [1.54, 1.807) is 22.7 Å². The standard InChI is InChI=1S/C26H28ClN3O2S2/c27-20-6-4-19(5-7-20)26-22-9-16-34-23(22)8-12-30(26)18-25(32)29-11-2-10-28(13-14-29)24(31)17-21-3-1-15-33-21/h1,3-7,9,15-16,26H,2,8,10-14,17-18H2/t26-/m0/s1. The number of hydrogen-bond donors (Lipinski definition) is 0. The van der Waals surface area contributed by atoms with E-state index >= 15 is 0 Å². The Kier molecular flexibility index (Phi) is 7.34. The van der Waals surface area contributed by atoms with Crippen LogP contribution in [0.25, 0.3) is 0 Å². The van der Waals surface area contributed by atoms with E-state index in [9.17, 15) is 9.59 Å². The van der Waals surface area contributed by atoms with Gasteiger partial charge in [-0.25, -0.2) is 0 Å². The Morgan fingerprint density at radius 3 is 2.38 bits per heavy atom. The van der Waals surface area contributed by atoms with E-state index in [1.807, 2.05) is 39.4 Å². The van der Waals surface area contributed by atoms with E-state index in [2.05, 4.69) is 28.5 Å². The number of benzene rings is 1. The van der Waals surface area contributed by atoms with Gasteiger partial charge >= 0.3 is 0 Å². The second kappa shape index (κ2) is 10.6. The molecule has 2 aliphatic heterocycles. The van der Waals surface area contributed by atoms with Gasteiger partial charge < -0.3 is 9.80 Å². The van der Waals surface area contributed by atoms with Crippen LogP contribution in [0.3, 0.4) is 0 Å². The molecule has 2 aliphatic rings. The second-order valence-electron chi connectivity index (χ2n) is 8.84. The quantitative estimate of drug-likeness (QED) is 0.496. The van der Waals surface area contributed by atoms with Crippen LogP contribution in [0.1, 0.15) is 33.3 Å². The van der Waals surface area contributed by atoms with Crippen LogP contribution in [0, 0.1) is 0 Å². The largest absolute Gasteiger partial charge is 0.341 e. The number of hydrogen-bond acceptors (Lipinski definition) is 5. The summed E-state index contributed by atoms with van der Waals surface area (Å²) >= 11 is 9.56. The van der Waals surface area contributed by atoms with Gasteiger partial charge in [0.1, 0.15) is 0 Å². The molecule has 1 aromatic carbocycles. The van der Waals surface area contributed by atoms with Crippen molar-refractivity contribution in [2.75, 3.05) is 39.3 Å². The smallest absolute Gasteiger partial charge is 0.236 e. The van der Waals surface area contributed by atoms with E-state index in [0.717, 1.165) is 34.8 Å². The van der Waals surface area contributed by atoms with Crippen LogP contribution in [0.2, 0.25) is 5.02 Å². The average Bonchev–Trinajstić information content (AvgIpc) is 3.46. The lowest BCUT2D eigenvalue weighted by Gasteiger charge is -2.37. The minimum atomic E-state index is 0.0621. The molecule has 5 rings (SSSR count). The van der Waals surface area contributed by atoms with Gasteiger partial charge in [-0.2, -0.15) is 0 Å². The second-order valence-corrected chi connectivity index (χ2v) is 11.3. The molecule has 34 heavy (non-hydrogen) atoms. The highest BCUT2D eigenvalue weighted by molar-refractivity contribution is 7.10. The van der Waals surface area contributed by atoms with Crippen LogP contribution in [0.4, 0.5) is 0 Å². The van der Waals surface area contributed by atoms with E-state index in [0.29, 0.717) is 39.1 Å². The van der Waals surface area contributed by atoms with Crippen molar-refractivity contribution in [2.24, 2.45) is 0 Å². The molecule has 0 saturated carbocycles. The van der Waals surface area contributed by atoms with Crippen molar-refractivity contribution in [2.45, 2.75) is 25.3 Å². The van der Waals surface area contributed by atoms with Crippen LogP contribution in [-0.4, -0.2) is 65.8 Å². The first-order chi connectivity index (χ1) is 16.6. The van der Waals surface area contributed by atoms with E-state index in [-0.39, 0.29) is 17.9 Å². The molecule has 8 heteroatoms. The number of nitrogens with zero attached hydrogens (tertiary/aromatic N) is 3. The fourth-order valence-electron chi connectivity index (χ4n) is 4.94. The van der Waals surface area contributed by atoms with Gasteiger partial charge in [-0.3, -0.25) is 14.5 Å². The first-order valence-corrected chi connectivity index (χ1v) is 13.9. The fourth-order valence-corrected chi connectivity index (χ4v) is 6.66. The van der Waals surface area contributed by atoms with Crippen LogP contribution >= 0.6 is 34.3 Å². The summed E-state index contributed by atoms with van der Waals surface area (Å²) in [7, 11) is 0. The van der Waals surface area contributed by atoms with E-state index in [1.165, 1.54) is 10.4 Å². The Morgan fingerprint density at radius 1 is 0.882 bits per heavy atom. The molecule has 1 saturated heterocycles. The Hall–Kier alpha value is -2.19. The van der Waals surface area contributed by atoms with Gasteiger partial charge in [-0.1, -0.05) is 29.8 Å². The van der Waals surface area contributed by atoms with E-state index < -0.39 is 0 Å². The number of halogens is 1. The Morgan fingerprint density at radius 2 is 1.65 bits per heavy atom. The molecule has 4 heterocycles. The number of fused-ring (bicyclic) bond motifs is 1. The highest BCUT2D eigenvalue weighted by atomic mass is 35.5. The molecule has 0 spiro atoms. The van der Waals surface area contributed by atoms with Crippen LogP contribution in [0.5, 0.6) is 0 Å². The molecule has 5 nitrogen and oxygen atoms in total. The Labute approximate surface area is 213 Å². The Balaban J connectivity index is 1.25. The van der Waals surface area contributed by atoms with Gasteiger partial charge in [0.25, 0.3) is 0 Å². The number of thiophene rings is 2. The van der Waals surface area contributed by atoms with E-state index in [4.69, 9.17) is 11.6 Å². The Bertz CT molecular complexity index is 1130. The molecular formula is C26H28ClN3O2S2. The van der Waals surface area contributed by atoms with Gasteiger partial charge in [0.05, 0.1) is 19.0 Å². The summed E-state index contributed by atoms with van der Waals surface area (Å²) in [5.41, 5.74) is 2.46. The van der Waals surface area contributed by atoms with Gasteiger partial charge in [0.2, 0.25) is 11.8 Å². The maximum absolute atomic E-state index is 13.4. The maximum Gasteiger partial charge on any atom is 0.236 e. The summed E-state index contributed by atoms with van der Waals surface area (Å²) in [6.07, 6.45) is 2.23. The third-order valence-corrected chi connectivity index (χ3v) is 8.82. The van der Waals surface area contributed by atoms with Gasteiger partial charge in [-0.05, 0) is 59.0 Å². The summed E-state index contributed by atoms with van der Waals surface area (Å²) in [6.45, 7) is 3.84.